The minimum atomic E-state index is -0.648. The lowest BCUT2D eigenvalue weighted by Gasteiger charge is -2.02. The number of hydrogen-bond acceptors (Lipinski definition) is 2. The Morgan fingerprint density at radius 1 is 0.808 bits per heavy atom. The third-order valence-corrected chi connectivity index (χ3v) is 3.87. The molecule has 0 atom stereocenters. The third kappa shape index (κ3) is 4.10. The van der Waals surface area contributed by atoms with Crippen molar-refractivity contribution in [3.8, 4) is 23.0 Å². The highest BCUT2D eigenvalue weighted by atomic mass is 32.1. The average Bonchev–Trinajstić information content (AvgIpc) is 2.62. The second-order valence-electron chi connectivity index (χ2n) is 5.68. The Balaban J connectivity index is 1.84. The quantitative estimate of drug-likeness (QED) is 0.306. The predicted octanol–water partition coefficient (Wildman–Crippen LogP) is 6.07. The van der Waals surface area contributed by atoms with Crippen LogP contribution in [0.2, 0.25) is 0 Å². The van der Waals surface area contributed by atoms with E-state index in [1.165, 1.54) is 12.1 Å². The molecule has 0 fully saturated rings. The summed E-state index contributed by atoms with van der Waals surface area (Å²) >= 11 is 4.58. The summed E-state index contributed by atoms with van der Waals surface area (Å²) in [5, 5.41) is 2.33. The molecule has 0 heterocycles. The van der Waals surface area contributed by atoms with Crippen LogP contribution in [0.1, 0.15) is 16.7 Å². The van der Waals surface area contributed by atoms with Crippen LogP contribution in [0.3, 0.4) is 0 Å². The number of benzene rings is 3. The van der Waals surface area contributed by atoms with Crippen molar-refractivity contribution in [2.75, 3.05) is 0 Å². The standard InChI is InChI=1S/C22H13F2NS/c1-15-12-21(23)20(22(24)13-15)11-4-16-2-5-17(6-3-16)18-7-9-19(10-8-18)25-14-26/h2-3,5-10,12-13H,1H3. The van der Waals surface area contributed by atoms with Gasteiger partial charge in [0.2, 0.25) is 0 Å². The Kier molecular flexibility index (Phi) is 5.34. The lowest BCUT2D eigenvalue weighted by molar-refractivity contribution is 0.575. The summed E-state index contributed by atoms with van der Waals surface area (Å²) in [7, 11) is 0. The molecule has 0 radical (unpaired) electrons. The van der Waals surface area contributed by atoms with Gasteiger partial charge in [-0.05, 0) is 72.2 Å². The van der Waals surface area contributed by atoms with Crippen molar-refractivity contribution in [3.63, 3.8) is 0 Å². The van der Waals surface area contributed by atoms with E-state index in [2.05, 4.69) is 34.2 Å². The highest BCUT2D eigenvalue weighted by molar-refractivity contribution is 7.78. The third-order valence-electron chi connectivity index (χ3n) is 3.78. The maximum atomic E-state index is 13.8. The minimum Gasteiger partial charge on any atom is -0.206 e. The minimum absolute atomic E-state index is 0.214. The highest BCUT2D eigenvalue weighted by Gasteiger charge is 2.07. The molecule has 0 aliphatic carbocycles. The molecule has 1 nitrogen and oxygen atoms in total. The van der Waals surface area contributed by atoms with Gasteiger partial charge in [0.25, 0.3) is 0 Å². The maximum Gasteiger partial charge on any atom is 0.142 e. The fourth-order valence-corrected chi connectivity index (χ4v) is 2.59. The molecule has 3 aromatic rings. The van der Waals surface area contributed by atoms with Gasteiger partial charge in [-0.3, -0.25) is 0 Å². The molecule has 0 N–H and O–H groups in total. The van der Waals surface area contributed by atoms with E-state index in [0.29, 0.717) is 11.1 Å². The Morgan fingerprint density at radius 3 is 1.88 bits per heavy atom. The molecule has 0 amide bonds. The molecule has 0 spiro atoms. The number of halogens is 2. The largest absolute Gasteiger partial charge is 0.206 e. The maximum absolute atomic E-state index is 13.8. The number of nitrogens with zero attached hydrogens (tertiary/aromatic N) is 1. The monoisotopic (exact) mass is 361 g/mol. The lowest BCUT2D eigenvalue weighted by atomic mass is 10.0. The van der Waals surface area contributed by atoms with Crippen molar-refractivity contribution in [1.82, 2.24) is 0 Å². The van der Waals surface area contributed by atoms with E-state index in [-0.39, 0.29) is 5.56 Å². The molecule has 3 rings (SSSR count). The number of isothiocyanates is 1. The van der Waals surface area contributed by atoms with Gasteiger partial charge in [-0.2, -0.15) is 4.99 Å². The van der Waals surface area contributed by atoms with E-state index in [1.807, 2.05) is 48.5 Å². The van der Waals surface area contributed by atoms with Crippen LogP contribution in [0.15, 0.2) is 65.7 Å². The van der Waals surface area contributed by atoms with Gasteiger partial charge in [0.1, 0.15) is 11.6 Å². The van der Waals surface area contributed by atoms with Crippen molar-refractivity contribution < 1.29 is 8.78 Å². The van der Waals surface area contributed by atoms with Gasteiger partial charge in [0.15, 0.2) is 0 Å². The zero-order valence-electron chi connectivity index (χ0n) is 13.9. The molecular weight excluding hydrogens is 348 g/mol. The predicted molar refractivity (Wildman–Crippen MR) is 104 cm³/mol. The molecule has 0 unspecified atom stereocenters. The zero-order chi connectivity index (χ0) is 18.5. The van der Waals surface area contributed by atoms with Gasteiger partial charge in [0, 0.05) is 5.56 Å². The van der Waals surface area contributed by atoms with Crippen molar-refractivity contribution in [1.29, 1.82) is 0 Å². The van der Waals surface area contributed by atoms with Crippen LogP contribution in [-0.4, -0.2) is 5.16 Å². The first-order chi connectivity index (χ1) is 12.6. The first-order valence-corrected chi connectivity index (χ1v) is 8.23. The van der Waals surface area contributed by atoms with Crippen LogP contribution in [0.4, 0.5) is 14.5 Å². The topological polar surface area (TPSA) is 12.4 Å². The number of thiocarbonyl (C=S) groups is 1. The van der Waals surface area contributed by atoms with E-state index < -0.39 is 11.6 Å². The second kappa shape index (κ2) is 7.84. The van der Waals surface area contributed by atoms with Gasteiger partial charge in [-0.1, -0.05) is 36.1 Å². The van der Waals surface area contributed by atoms with Gasteiger partial charge in [-0.25, -0.2) is 8.78 Å². The van der Waals surface area contributed by atoms with Crippen LogP contribution in [0.25, 0.3) is 11.1 Å². The second-order valence-corrected chi connectivity index (χ2v) is 5.86. The molecular formula is C22H13F2NS. The Morgan fingerprint density at radius 2 is 1.35 bits per heavy atom. The molecule has 0 aliphatic rings. The summed E-state index contributed by atoms with van der Waals surface area (Å²) in [5.74, 6) is 4.08. The Bertz CT molecular complexity index is 1030. The molecule has 0 saturated heterocycles. The van der Waals surface area contributed by atoms with E-state index in [4.69, 9.17) is 0 Å². The summed E-state index contributed by atoms with van der Waals surface area (Å²) < 4.78 is 27.7. The molecule has 4 heteroatoms. The lowest BCUT2D eigenvalue weighted by Crippen LogP contribution is -1.91. The number of aryl methyl sites for hydroxylation is 1. The summed E-state index contributed by atoms with van der Waals surface area (Å²) in [6.45, 7) is 1.64. The summed E-state index contributed by atoms with van der Waals surface area (Å²) in [4.78, 5) is 3.91. The van der Waals surface area contributed by atoms with E-state index in [0.717, 1.165) is 16.8 Å². The molecule has 0 saturated carbocycles. The summed E-state index contributed by atoms with van der Waals surface area (Å²) in [6.07, 6.45) is 0. The van der Waals surface area contributed by atoms with Crippen molar-refractivity contribution >= 4 is 23.1 Å². The highest BCUT2D eigenvalue weighted by Crippen LogP contribution is 2.23. The van der Waals surface area contributed by atoms with E-state index in [9.17, 15) is 8.78 Å². The summed E-state index contributed by atoms with van der Waals surface area (Å²) in [5.41, 5.74) is 3.75. The zero-order valence-corrected chi connectivity index (χ0v) is 14.7. The first-order valence-electron chi connectivity index (χ1n) is 7.83. The molecule has 126 valence electrons. The normalized spacial score (nSPS) is 9.81. The number of rotatable bonds is 2. The molecule has 26 heavy (non-hydrogen) atoms. The van der Waals surface area contributed by atoms with Crippen molar-refractivity contribution in [3.05, 3.63) is 89.0 Å². The Labute approximate surface area is 156 Å². The van der Waals surface area contributed by atoms with Crippen LogP contribution in [0.5, 0.6) is 0 Å². The van der Waals surface area contributed by atoms with Gasteiger partial charge in [0.05, 0.1) is 16.4 Å². The van der Waals surface area contributed by atoms with Gasteiger partial charge in [-0.15, -0.1) is 0 Å². The van der Waals surface area contributed by atoms with Crippen molar-refractivity contribution in [2.45, 2.75) is 6.92 Å². The van der Waals surface area contributed by atoms with Crippen molar-refractivity contribution in [2.24, 2.45) is 4.99 Å². The van der Waals surface area contributed by atoms with E-state index >= 15 is 0 Å². The molecule has 0 aliphatic heterocycles. The number of aliphatic imine (C=N–C) groups is 1. The van der Waals surface area contributed by atoms with Crippen LogP contribution >= 0.6 is 12.2 Å². The van der Waals surface area contributed by atoms with Crippen LogP contribution < -0.4 is 0 Å². The fourth-order valence-electron chi connectivity index (χ4n) is 2.48. The van der Waals surface area contributed by atoms with Gasteiger partial charge < -0.3 is 0 Å². The average molecular weight is 361 g/mol. The summed E-state index contributed by atoms with van der Waals surface area (Å²) in [6, 6.07) is 17.6. The van der Waals surface area contributed by atoms with Gasteiger partial charge >= 0.3 is 0 Å². The number of hydrogen-bond donors (Lipinski definition) is 0. The smallest absolute Gasteiger partial charge is 0.142 e. The molecule has 3 aromatic carbocycles. The van der Waals surface area contributed by atoms with E-state index in [1.54, 1.807) is 6.92 Å². The molecule has 0 bridgehead atoms. The SMILES string of the molecule is Cc1cc(F)c(C#Cc2ccc(-c3ccc(N=C=S)cc3)cc2)c(F)c1. The van der Waals surface area contributed by atoms with Crippen LogP contribution in [0, 0.1) is 30.4 Å². The Hall–Kier alpha value is -3.12. The van der Waals surface area contributed by atoms with Crippen LogP contribution in [-0.2, 0) is 0 Å². The first kappa shape index (κ1) is 17.7. The molecule has 0 aromatic heterocycles. The fraction of sp³-hybridized carbons (Fsp3) is 0.0455.